The van der Waals surface area contributed by atoms with Gasteiger partial charge < -0.3 is 0 Å². The number of aromatic nitrogens is 2. The zero-order chi connectivity index (χ0) is 17.0. The van der Waals surface area contributed by atoms with Crippen molar-refractivity contribution in [1.82, 2.24) is 10.2 Å². The van der Waals surface area contributed by atoms with Crippen molar-refractivity contribution in [3.05, 3.63) is 35.4 Å². The average Bonchev–Trinajstić information content (AvgIpc) is 2.92. The number of carbonyl (C=O) groups is 1. The predicted octanol–water partition coefficient (Wildman–Crippen LogP) is 4.42. The molecule has 0 fully saturated rings. The van der Waals surface area contributed by atoms with E-state index in [0.29, 0.717) is 4.34 Å². The third-order valence-electron chi connectivity index (χ3n) is 2.67. The van der Waals surface area contributed by atoms with Crippen LogP contribution in [0.2, 0.25) is 0 Å². The van der Waals surface area contributed by atoms with Crippen LogP contribution < -0.4 is 5.32 Å². The third-order valence-corrected chi connectivity index (χ3v) is 4.89. The van der Waals surface area contributed by atoms with Crippen molar-refractivity contribution in [2.24, 2.45) is 0 Å². The number of nitrogens with zero attached hydrogens (tertiary/aromatic N) is 2. The van der Waals surface area contributed by atoms with E-state index in [1.807, 2.05) is 0 Å². The molecule has 1 heterocycles. The number of thioether (sulfide) groups is 1. The summed E-state index contributed by atoms with van der Waals surface area (Å²) in [6.07, 6.45) is -4.39. The Labute approximate surface area is 143 Å². The van der Waals surface area contributed by atoms with E-state index in [9.17, 15) is 18.0 Å². The molecule has 2 rings (SSSR count). The van der Waals surface area contributed by atoms with Crippen molar-refractivity contribution >= 4 is 45.7 Å². The number of halogens is 4. The van der Waals surface area contributed by atoms with Crippen molar-refractivity contribution in [3.63, 3.8) is 0 Å². The van der Waals surface area contributed by atoms with E-state index in [2.05, 4.69) is 15.5 Å². The first kappa shape index (κ1) is 18.0. The van der Waals surface area contributed by atoms with Gasteiger partial charge in [0.25, 0.3) is 0 Å². The SMILES string of the molecule is CC(Cl)C(=O)Nc1nnc(SCc2ccccc2C(F)(F)F)s1. The van der Waals surface area contributed by atoms with Gasteiger partial charge in [0.1, 0.15) is 5.38 Å². The standard InChI is InChI=1S/C13H11ClF3N3OS2/c1-7(14)10(21)18-11-19-20-12(23-11)22-6-8-4-2-3-5-9(8)13(15,16)17/h2-5,7H,6H2,1H3,(H,18,19,21). The van der Waals surface area contributed by atoms with Gasteiger partial charge in [-0.2, -0.15) is 13.2 Å². The first-order chi connectivity index (χ1) is 10.8. The molecule has 1 aromatic heterocycles. The van der Waals surface area contributed by atoms with Gasteiger partial charge in [-0.15, -0.1) is 21.8 Å². The highest BCUT2D eigenvalue weighted by Crippen LogP contribution is 2.35. The Morgan fingerprint density at radius 1 is 1.39 bits per heavy atom. The second-order valence-electron chi connectivity index (χ2n) is 4.42. The fourth-order valence-corrected chi connectivity index (χ4v) is 3.40. The van der Waals surface area contributed by atoms with Crippen LogP contribution in [-0.4, -0.2) is 21.5 Å². The molecular weight excluding hydrogens is 371 g/mol. The highest BCUT2D eigenvalue weighted by Gasteiger charge is 2.32. The lowest BCUT2D eigenvalue weighted by Gasteiger charge is -2.11. The number of hydrogen-bond donors (Lipinski definition) is 1. The topological polar surface area (TPSA) is 54.9 Å². The van der Waals surface area contributed by atoms with Gasteiger partial charge in [0.05, 0.1) is 5.56 Å². The number of anilines is 1. The van der Waals surface area contributed by atoms with Crippen LogP contribution in [0.3, 0.4) is 0 Å². The van der Waals surface area contributed by atoms with Gasteiger partial charge in [-0.1, -0.05) is 41.3 Å². The maximum Gasteiger partial charge on any atom is 0.416 e. The molecule has 0 bridgehead atoms. The van der Waals surface area contributed by atoms with Crippen LogP contribution >= 0.6 is 34.7 Å². The maximum atomic E-state index is 12.9. The molecular formula is C13H11ClF3N3OS2. The van der Waals surface area contributed by atoms with Gasteiger partial charge in [-0.05, 0) is 18.6 Å². The Hall–Kier alpha value is -1.32. The summed E-state index contributed by atoms with van der Waals surface area (Å²) in [5.74, 6) is -0.314. The van der Waals surface area contributed by atoms with Crippen molar-refractivity contribution in [2.75, 3.05) is 5.32 Å². The van der Waals surface area contributed by atoms with Gasteiger partial charge in [-0.25, -0.2) is 0 Å². The summed E-state index contributed by atoms with van der Waals surface area (Å²) < 4.78 is 39.2. The normalized spacial score (nSPS) is 12.9. The van der Waals surface area contributed by atoms with Gasteiger partial charge in [0.15, 0.2) is 4.34 Å². The minimum atomic E-state index is -4.39. The number of nitrogens with one attached hydrogen (secondary N) is 1. The molecule has 0 spiro atoms. The second-order valence-corrected chi connectivity index (χ2v) is 7.28. The molecule has 0 saturated heterocycles. The van der Waals surface area contributed by atoms with Crippen LogP contribution in [0.5, 0.6) is 0 Å². The minimum absolute atomic E-state index is 0.101. The highest BCUT2D eigenvalue weighted by molar-refractivity contribution is 8.00. The van der Waals surface area contributed by atoms with Gasteiger partial charge in [-0.3, -0.25) is 10.1 Å². The molecule has 0 aliphatic rings. The van der Waals surface area contributed by atoms with Gasteiger partial charge in [0, 0.05) is 5.75 Å². The molecule has 0 aliphatic carbocycles. The summed E-state index contributed by atoms with van der Waals surface area (Å²) in [4.78, 5) is 11.4. The van der Waals surface area contributed by atoms with Crippen molar-refractivity contribution in [1.29, 1.82) is 0 Å². The van der Waals surface area contributed by atoms with Crippen LogP contribution in [0, 0.1) is 0 Å². The molecule has 1 amide bonds. The zero-order valence-electron chi connectivity index (χ0n) is 11.7. The lowest BCUT2D eigenvalue weighted by atomic mass is 10.1. The summed E-state index contributed by atoms with van der Waals surface area (Å²) in [5.41, 5.74) is -0.498. The molecule has 2 aromatic rings. The number of benzene rings is 1. The van der Waals surface area contributed by atoms with Crippen molar-refractivity contribution < 1.29 is 18.0 Å². The molecule has 4 nitrogen and oxygen atoms in total. The van der Waals surface area contributed by atoms with E-state index >= 15 is 0 Å². The number of amides is 1. The largest absolute Gasteiger partial charge is 0.416 e. The molecule has 1 aromatic carbocycles. The lowest BCUT2D eigenvalue weighted by molar-refractivity contribution is -0.138. The Morgan fingerprint density at radius 2 is 2.09 bits per heavy atom. The molecule has 10 heteroatoms. The minimum Gasteiger partial charge on any atom is -0.299 e. The van der Waals surface area contributed by atoms with E-state index in [0.717, 1.165) is 29.2 Å². The Balaban J connectivity index is 2.03. The number of hydrogen-bond acceptors (Lipinski definition) is 5. The summed E-state index contributed by atoms with van der Waals surface area (Å²) in [6, 6.07) is 5.37. The van der Waals surface area contributed by atoms with Gasteiger partial charge in [0.2, 0.25) is 11.0 Å². The smallest absolute Gasteiger partial charge is 0.299 e. The summed E-state index contributed by atoms with van der Waals surface area (Å²) in [6.45, 7) is 1.52. The van der Waals surface area contributed by atoms with Crippen LogP contribution in [0.25, 0.3) is 0 Å². The average molecular weight is 382 g/mol. The Bertz CT molecular complexity index is 691. The van der Waals surface area contributed by atoms with Crippen LogP contribution in [0.15, 0.2) is 28.6 Å². The van der Waals surface area contributed by atoms with E-state index in [4.69, 9.17) is 11.6 Å². The maximum absolute atomic E-state index is 12.9. The lowest BCUT2D eigenvalue weighted by Crippen LogP contribution is -2.20. The van der Waals surface area contributed by atoms with Crippen molar-refractivity contribution in [2.45, 2.75) is 28.6 Å². The van der Waals surface area contributed by atoms with Crippen LogP contribution in [0.4, 0.5) is 18.3 Å². The fraction of sp³-hybridized carbons (Fsp3) is 0.308. The van der Waals surface area contributed by atoms with Crippen LogP contribution in [-0.2, 0) is 16.7 Å². The summed E-state index contributed by atoms with van der Waals surface area (Å²) in [5, 5.41) is 9.61. The summed E-state index contributed by atoms with van der Waals surface area (Å²) >= 11 is 7.82. The molecule has 1 atom stereocenters. The number of alkyl halides is 4. The predicted molar refractivity (Wildman–Crippen MR) is 84.9 cm³/mol. The first-order valence-electron chi connectivity index (χ1n) is 6.33. The Morgan fingerprint density at radius 3 is 2.74 bits per heavy atom. The number of carbonyl (C=O) groups excluding carboxylic acids is 1. The van der Waals surface area contributed by atoms with E-state index in [-0.39, 0.29) is 16.4 Å². The van der Waals surface area contributed by atoms with E-state index in [1.165, 1.54) is 19.1 Å². The second kappa shape index (κ2) is 7.50. The Kier molecular flexibility index (Phi) is 5.88. The molecule has 0 radical (unpaired) electrons. The molecule has 23 heavy (non-hydrogen) atoms. The summed E-state index contributed by atoms with van der Waals surface area (Å²) in [7, 11) is 0. The monoisotopic (exact) mass is 381 g/mol. The molecule has 0 saturated carbocycles. The molecule has 0 aliphatic heterocycles. The van der Waals surface area contributed by atoms with Crippen molar-refractivity contribution in [3.8, 4) is 0 Å². The third kappa shape index (κ3) is 5.08. The molecule has 124 valence electrons. The van der Waals surface area contributed by atoms with E-state index in [1.54, 1.807) is 6.07 Å². The van der Waals surface area contributed by atoms with E-state index < -0.39 is 23.0 Å². The first-order valence-corrected chi connectivity index (χ1v) is 8.57. The zero-order valence-corrected chi connectivity index (χ0v) is 14.1. The van der Waals surface area contributed by atoms with Gasteiger partial charge >= 0.3 is 6.18 Å². The quantitative estimate of drug-likeness (QED) is 0.473. The molecule has 1 unspecified atom stereocenters. The fourth-order valence-electron chi connectivity index (χ4n) is 1.59. The number of rotatable bonds is 5. The van der Waals surface area contributed by atoms with Crippen LogP contribution in [0.1, 0.15) is 18.1 Å². The highest BCUT2D eigenvalue weighted by atomic mass is 35.5. The molecule has 1 N–H and O–H groups in total.